The highest BCUT2D eigenvalue weighted by molar-refractivity contribution is 7.16. The number of fused-ring (bicyclic) bond motifs is 1. The summed E-state index contributed by atoms with van der Waals surface area (Å²) in [7, 11) is 5.67. The van der Waals surface area contributed by atoms with Crippen molar-refractivity contribution in [3.63, 3.8) is 0 Å². The van der Waals surface area contributed by atoms with Gasteiger partial charge in [-0.25, -0.2) is 9.97 Å². The lowest BCUT2D eigenvalue weighted by Gasteiger charge is -2.23. The first-order valence-corrected chi connectivity index (χ1v) is 7.14. The summed E-state index contributed by atoms with van der Waals surface area (Å²) in [6, 6.07) is 2.39. The van der Waals surface area contributed by atoms with E-state index >= 15 is 0 Å². The molecule has 2 aromatic heterocycles. The van der Waals surface area contributed by atoms with E-state index in [9.17, 15) is 0 Å². The van der Waals surface area contributed by atoms with Crippen molar-refractivity contribution in [3.05, 3.63) is 17.3 Å². The first-order chi connectivity index (χ1) is 9.15. The zero-order valence-electron chi connectivity index (χ0n) is 11.8. The number of likely N-dealkylation sites (N-methyl/N-ethyl adjacent to an activating group) is 1. The number of rotatable bonds is 6. The molecule has 0 aliphatic carbocycles. The summed E-state index contributed by atoms with van der Waals surface area (Å²) >= 11 is 1.64. The molecule has 0 saturated heterocycles. The molecule has 2 rings (SSSR count). The monoisotopic (exact) mass is 280 g/mol. The van der Waals surface area contributed by atoms with Crippen molar-refractivity contribution in [2.45, 2.75) is 19.5 Å². The number of nitrogens with zero attached hydrogens (tertiary/aromatic N) is 3. The lowest BCUT2D eigenvalue weighted by Crippen LogP contribution is -2.32. The average Bonchev–Trinajstić information content (AvgIpc) is 2.86. The summed E-state index contributed by atoms with van der Waals surface area (Å²) in [6.45, 7) is 3.55. The molecule has 0 aliphatic rings. The second kappa shape index (κ2) is 6.27. The van der Waals surface area contributed by atoms with Gasteiger partial charge < -0.3 is 10.1 Å². The van der Waals surface area contributed by atoms with Gasteiger partial charge in [0.15, 0.2) is 0 Å². The molecule has 1 atom stereocenters. The van der Waals surface area contributed by atoms with Gasteiger partial charge in [-0.2, -0.15) is 0 Å². The molecule has 0 amide bonds. The highest BCUT2D eigenvalue weighted by atomic mass is 32.1. The van der Waals surface area contributed by atoms with Crippen LogP contribution in [0.3, 0.4) is 0 Å². The van der Waals surface area contributed by atoms with Crippen LogP contribution in [0.2, 0.25) is 0 Å². The number of hydrogen-bond donors (Lipinski definition) is 1. The summed E-state index contributed by atoms with van der Waals surface area (Å²) in [6.07, 6.45) is 0. The summed E-state index contributed by atoms with van der Waals surface area (Å²) in [4.78, 5) is 12.4. The Labute approximate surface area is 117 Å². The van der Waals surface area contributed by atoms with Crippen molar-refractivity contribution >= 4 is 27.4 Å². The smallest absolute Gasteiger partial charge is 0.146 e. The van der Waals surface area contributed by atoms with Crippen LogP contribution in [0.15, 0.2) is 11.4 Å². The molecule has 5 nitrogen and oxygen atoms in total. The molecule has 2 aromatic rings. The lowest BCUT2D eigenvalue weighted by atomic mass is 10.3. The first-order valence-electron chi connectivity index (χ1n) is 6.26. The van der Waals surface area contributed by atoms with E-state index in [2.05, 4.69) is 34.2 Å². The van der Waals surface area contributed by atoms with Crippen LogP contribution >= 0.6 is 11.3 Å². The van der Waals surface area contributed by atoms with E-state index in [1.165, 1.54) is 0 Å². The highest BCUT2D eigenvalue weighted by Crippen LogP contribution is 2.25. The molecule has 0 spiro atoms. The van der Waals surface area contributed by atoms with E-state index < -0.39 is 0 Å². The van der Waals surface area contributed by atoms with Gasteiger partial charge in [-0.1, -0.05) is 0 Å². The fraction of sp³-hybridized carbons (Fsp3) is 0.538. The Balaban J connectivity index is 2.20. The third-order valence-corrected chi connectivity index (χ3v) is 3.97. The third-order valence-electron chi connectivity index (χ3n) is 3.16. The van der Waals surface area contributed by atoms with E-state index in [0.29, 0.717) is 19.2 Å². The Bertz CT molecular complexity index is 542. The topological polar surface area (TPSA) is 50.3 Å². The first kappa shape index (κ1) is 14.2. The normalized spacial score (nSPS) is 13.1. The fourth-order valence-electron chi connectivity index (χ4n) is 1.91. The summed E-state index contributed by atoms with van der Waals surface area (Å²) < 4.78 is 5.17. The zero-order chi connectivity index (χ0) is 13.8. The fourth-order valence-corrected chi connectivity index (χ4v) is 2.69. The molecule has 0 aliphatic heterocycles. The molecule has 6 heteroatoms. The maximum Gasteiger partial charge on any atom is 0.146 e. The molecule has 0 radical (unpaired) electrons. The van der Waals surface area contributed by atoms with E-state index in [1.807, 2.05) is 18.5 Å². The van der Waals surface area contributed by atoms with Crippen LogP contribution < -0.4 is 5.32 Å². The van der Waals surface area contributed by atoms with Crippen LogP contribution in [-0.2, 0) is 11.3 Å². The van der Waals surface area contributed by atoms with Crippen molar-refractivity contribution in [1.29, 1.82) is 0 Å². The Morgan fingerprint density at radius 2 is 2.26 bits per heavy atom. The molecule has 0 bridgehead atoms. The van der Waals surface area contributed by atoms with Gasteiger partial charge in [-0.15, -0.1) is 11.3 Å². The standard InChI is InChI=1S/C13H20N4OS/c1-9(8-18-4)17(3)7-11-15-12(14-2)10-5-6-19-13(10)16-11/h5-6,9H,7-8H2,1-4H3,(H,14,15,16). The van der Waals surface area contributed by atoms with Crippen LogP contribution in [0.1, 0.15) is 12.7 Å². The number of methoxy groups -OCH3 is 1. The zero-order valence-corrected chi connectivity index (χ0v) is 12.6. The summed E-state index contributed by atoms with van der Waals surface area (Å²) in [5.41, 5.74) is 0. The number of aromatic nitrogens is 2. The second-order valence-corrected chi connectivity index (χ2v) is 5.49. The molecule has 1 N–H and O–H groups in total. The maximum absolute atomic E-state index is 5.17. The van der Waals surface area contributed by atoms with Crippen molar-refractivity contribution in [3.8, 4) is 0 Å². The van der Waals surface area contributed by atoms with E-state index in [0.717, 1.165) is 21.9 Å². The van der Waals surface area contributed by atoms with Gasteiger partial charge in [0.05, 0.1) is 18.5 Å². The molecule has 104 valence electrons. The van der Waals surface area contributed by atoms with Gasteiger partial charge in [0.25, 0.3) is 0 Å². The molecule has 0 fully saturated rings. The average molecular weight is 280 g/mol. The SMILES string of the molecule is CNc1nc(CN(C)C(C)COC)nc2sccc12. The molecule has 0 aromatic carbocycles. The van der Waals surface area contributed by atoms with Gasteiger partial charge in [0, 0.05) is 20.2 Å². The predicted molar refractivity (Wildman–Crippen MR) is 79.8 cm³/mol. The third kappa shape index (κ3) is 3.20. The molecule has 2 heterocycles. The predicted octanol–water partition coefficient (Wildman–Crippen LogP) is 2.20. The van der Waals surface area contributed by atoms with E-state index in [1.54, 1.807) is 18.4 Å². The largest absolute Gasteiger partial charge is 0.383 e. The summed E-state index contributed by atoms with van der Waals surface area (Å²) in [5.74, 6) is 1.73. The van der Waals surface area contributed by atoms with Crippen LogP contribution in [0.25, 0.3) is 10.2 Å². The number of hydrogen-bond acceptors (Lipinski definition) is 6. The Kier molecular flexibility index (Phi) is 4.68. The molecule has 1 unspecified atom stereocenters. The number of ether oxygens (including phenoxy) is 1. The molecule has 19 heavy (non-hydrogen) atoms. The minimum Gasteiger partial charge on any atom is -0.383 e. The van der Waals surface area contributed by atoms with E-state index in [4.69, 9.17) is 4.74 Å². The van der Waals surface area contributed by atoms with Crippen LogP contribution in [0.5, 0.6) is 0 Å². The van der Waals surface area contributed by atoms with Crippen LogP contribution in [-0.4, -0.2) is 48.7 Å². The highest BCUT2D eigenvalue weighted by Gasteiger charge is 2.13. The Hall–Kier alpha value is -1.24. The lowest BCUT2D eigenvalue weighted by molar-refractivity contribution is 0.110. The maximum atomic E-state index is 5.17. The van der Waals surface area contributed by atoms with Crippen molar-refractivity contribution in [1.82, 2.24) is 14.9 Å². The van der Waals surface area contributed by atoms with Crippen molar-refractivity contribution in [2.24, 2.45) is 0 Å². The van der Waals surface area contributed by atoms with Gasteiger partial charge >= 0.3 is 0 Å². The molecular weight excluding hydrogens is 260 g/mol. The number of nitrogens with one attached hydrogen (secondary N) is 1. The minimum atomic E-state index is 0.339. The second-order valence-electron chi connectivity index (χ2n) is 4.60. The number of thiophene rings is 1. The minimum absolute atomic E-state index is 0.339. The Morgan fingerprint density at radius 1 is 1.47 bits per heavy atom. The van der Waals surface area contributed by atoms with Gasteiger partial charge in [0.2, 0.25) is 0 Å². The quantitative estimate of drug-likeness (QED) is 0.879. The Morgan fingerprint density at radius 3 is 2.95 bits per heavy atom. The van der Waals surface area contributed by atoms with Gasteiger partial charge in [-0.05, 0) is 25.4 Å². The van der Waals surface area contributed by atoms with Crippen LogP contribution in [0, 0.1) is 0 Å². The van der Waals surface area contributed by atoms with E-state index in [-0.39, 0.29) is 0 Å². The molecular formula is C13H20N4OS. The summed E-state index contributed by atoms with van der Waals surface area (Å²) in [5, 5.41) is 6.27. The van der Waals surface area contributed by atoms with Gasteiger partial charge in [-0.3, -0.25) is 4.90 Å². The number of anilines is 1. The van der Waals surface area contributed by atoms with Crippen LogP contribution in [0.4, 0.5) is 5.82 Å². The molecule has 0 saturated carbocycles. The van der Waals surface area contributed by atoms with Crippen molar-refractivity contribution < 1.29 is 4.74 Å². The van der Waals surface area contributed by atoms with Gasteiger partial charge in [0.1, 0.15) is 16.5 Å². The van der Waals surface area contributed by atoms with Crippen molar-refractivity contribution in [2.75, 3.05) is 33.1 Å².